The van der Waals surface area contributed by atoms with Gasteiger partial charge in [-0.05, 0) is 59.7 Å². The molecule has 2 aromatic carbocycles. The van der Waals surface area contributed by atoms with E-state index in [1.807, 2.05) is 67.5 Å². The smallest absolute Gasteiger partial charge is 0.389 e. The number of phenols is 1. The van der Waals surface area contributed by atoms with E-state index < -0.39 is 55.4 Å². The lowest BCUT2D eigenvalue weighted by molar-refractivity contribution is -0.134. The quantitative estimate of drug-likeness (QED) is 0.0671. The SMILES string of the molecule is COc1cc(-c2cnc3cc(-c4cnn(C)c4)ccn23)cc(O)c1C(=O)CCC(F)(F)F.COc1cc(-c2cnc3cc(-c4cnn(C)c4)ccn23)cc(OC)c1C(=O)CCC(F)(F)F.I. The predicted octanol–water partition coefficient (Wildman–Crippen LogP) is 10.2. The number of pyridine rings is 2. The number of fused-ring (bicyclic) bond motifs is 2. The zero-order chi connectivity index (χ0) is 46.8. The van der Waals surface area contributed by atoms with Crippen molar-refractivity contribution in [2.75, 3.05) is 21.3 Å². The first-order valence-corrected chi connectivity index (χ1v) is 19.7. The maximum Gasteiger partial charge on any atom is 0.389 e. The molecule has 8 aromatic rings. The number of ether oxygens (including phenoxy) is 3. The Morgan fingerprint density at radius 1 is 0.576 bits per heavy atom. The van der Waals surface area contributed by atoms with Gasteiger partial charge in [-0.1, -0.05) is 0 Å². The first-order valence-electron chi connectivity index (χ1n) is 19.7. The highest BCUT2D eigenvalue weighted by Crippen LogP contribution is 2.39. The highest BCUT2D eigenvalue weighted by atomic mass is 127. The van der Waals surface area contributed by atoms with Gasteiger partial charge < -0.3 is 19.3 Å². The van der Waals surface area contributed by atoms with Gasteiger partial charge in [0.2, 0.25) is 0 Å². The topological polar surface area (TPSA) is 152 Å². The molecule has 0 aliphatic heterocycles. The Morgan fingerprint density at radius 3 is 1.35 bits per heavy atom. The van der Waals surface area contributed by atoms with E-state index in [2.05, 4.69) is 20.2 Å². The summed E-state index contributed by atoms with van der Waals surface area (Å²) in [6, 6.07) is 13.6. The number of ketones is 2. The van der Waals surface area contributed by atoms with Crippen molar-refractivity contribution in [3.05, 3.63) is 109 Å². The third-order valence-electron chi connectivity index (χ3n) is 10.3. The minimum atomic E-state index is -4.47. The molecule has 1 N–H and O–H groups in total. The van der Waals surface area contributed by atoms with E-state index in [0.29, 0.717) is 33.8 Å². The van der Waals surface area contributed by atoms with Gasteiger partial charge in [0.25, 0.3) is 0 Å². The van der Waals surface area contributed by atoms with Crippen LogP contribution in [0.25, 0.3) is 56.1 Å². The lowest BCUT2D eigenvalue weighted by atomic mass is 10.0. The molecule has 21 heteroatoms. The van der Waals surface area contributed by atoms with E-state index in [-0.39, 0.29) is 52.4 Å². The van der Waals surface area contributed by atoms with Crippen LogP contribution in [0.2, 0.25) is 0 Å². The third-order valence-corrected chi connectivity index (χ3v) is 10.3. The number of imidazole rings is 2. The van der Waals surface area contributed by atoms with Crippen molar-refractivity contribution in [3.8, 4) is 67.8 Å². The van der Waals surface area contributed by atoms with E-state index >= 15 is 0 Å². The summed E-state index contributed by atoms with van der Waals surface area (Å²) in [6.07, 6.45) is 1.37. The Kier molecular flexibility index (Phi) is 14.5. The van der Waals surface area contributed by atoms with Gasteiger partial charge >= 0.3 is 12.4 Å². The summed E-state index contributed by atoms with van der Waals surface area (Å²) in [5, 5.41) is 18.8. The molecule has 0 aliphatic carbocycles. The van der Waals surface area contributed by atoms with E-state index in [4.69, 9.17) is 14.2 Å². The van der Waals surface area contributed by atoms with Gasteiger partial charge in [-0.3, -0.25) is 27.8 Å². The molecule has 346 valence electrons. The first-order chi connectivity index (χ1) is 30.9. The lowest BCUT2D eigenvalue weighted by Gasteiger charge is -2.15. The molecule has 0 saturated carbocycles. The van der Waals surface area contributed by atoms with Gasteiger partial charge in [0.1, 0.15) is 45.4 Å². The molecule has 66 heavy (non-hydrogen) atoms. The number of halogens is 7. The number of rotatable bonds is 13. The van der Waals surface area contributed by atoms with Gasteiger partial charge in [0, 0.05) is 74.0 Å². The summed E-state index contributed by atoms with van der Waals surface area (Å²) < 4.78 is 98.3. The molecular formula is C45H41F6IN8O6. The molecule has 0 unspecified atom stereocenters. The fourth-order valence-electron chi connectivity index (χ4n) is 7.17. The van der Waals surface area contributed by atoms with E-state index in [1.165, 1.54) is 33.5 Å². The van der Waals surface area contributed by atoms with Crippen LogP contribution in [0.1, 0.15) is 46.4 Å². The molecular weight excluding hydrogens is 989 g/mol. The zero-order valence-electron chi connectivity index (χ0n) is 35.8. The molecule has 0 saturated heterocycles. The van der Waals surface area contributed by atoms with Crippen LogP contribution >= 0.6 is 24.0 Å². The number of hydrogen-bond donors (Lipinski definition) is 1. The second-order valence-corrected chi connectivity index (χ2v) is 14.8. The highest BCUT2D eigenvalue weighted by molar-refractivity contribution is 14.0. The fraction of sp³-hybridized carbons (Fsp3) is 0.244. The average molecular weight is 1030 g/mol. The predicted molar refractivity (Wildman–Crippen MR) is 242 cm³/mol. The minimum absolute atomic E-state index is 0. The van der Waals surface area contributed by atoms with Crippen LogP contribution in [0.4, 0.5) is 26.3 Å². The molecule has 6 aromatic heterocycles. The molecule has 8 rings (SSSR count). The number of aromatic hydroxyl groups is 1. The Balaban J connectivity index is 0.000000215. The number of nitrogens with zero attached hydrogens (tertiary/aromatic N) is 8. The van der Waals surface area contributed by atoms with Crippen LogP contribution in [0, 0.1) is 0 Å². The number of aryl methyl sites for hydroxylation is 2. The number of methoxy groups -OCH3 is 3. The second kappa shape index (κ2) is 19.7. The van der Waals surface area contributed by atoms with Crippen molar-refractivity contribution in [3.63, 3.8) is 0 Å². The van der Waals surface area contributed by atoms with Crippen LogP contribution < -0.4 is 14.2 Å². The molecule has 0 aliphatic rings. The highest BCUT2D eigenvalue weighted by Gasteiger charge is 2.31. The lowest BCUT2D eigenvalue weighted by Crippen LogP contribution is -2.12. The van der Waals surface area contributed by atoms with Crippen LogP contribution in [-0.2, 0) is 14.1 Å². The molecule has 0 bridgehead atoms. The summed E-state index contributed by atoms with van der Waals surface area (Å²) in [5.74, 6) is -1.73. The monoisotopic (exact) mass is 1030 g/mol. The molecule has 6 heterocycles. The second-order valence-electron chi connectivity index (χ2n) is 14.8. The molecule has 0 atom stereocenters. The van der Waals surface area contributed by atoms with Crippen molar-refractivity contribution in [2.24, 2.45) is 14.1 Å². The van der Waals surface area contributed by atoms with Crippen molar-refractivity contribution in [1.29, 1.82) is 0 Å². The van der Waals surface area contributed by atoms with Gasteiger partial charge in [-0.15, -0.1) is 24.0 Å². The van der Waals surface area contributed by atoms with E-state index in [1.54, 1.807) is 50.7 Å². The molecule has 0 spiro atoms. The van der Waals surface area contributed by atoms with Crippen molar-refractivity contribution in [1.82, 2.24) is 38.3 Å². The Morgan fingerprint density at radius 2 is 0.970 bits per heavy atom. The van der Waals surface area contributed by atoms with Gasteiger partial charge in [-0.2, -0.15) is 36.5 Å². The normalized spacial score (nSPS) is 11.6. The van der Waals surface area contributed by atoms with Crippen molar-refractivity contribution < 1.29 is 55.2 Å². The summed E-state index contributed by atoms with van der Waals surface area (Å²) in [5.41, 5.74) is 7.26. The summed E-state index contributed by atoms with van der Waals surface area (Å²) in [4.78, 5) is 33.7. The summed E-state index contributed by atoms with van der Waals surface area (Å²) >= 11 is 0. The Bertz CT molecular complexity index is 3020. The molecule has 0 amide bonds. The van der Waals surface area contributed by atoms with E-state index in [0.717, 1.165) is 22.3 Å². The van der Waals surface area contributed by atoms with Gasteiger partial charge in [0.15, 0.2) is 11.6 Å². The van der Waals surface area contributed by atoms with Crippen LogP contribution in [0.15, 0.2) is 98.1 Å². The number of phenolic OH excluding ortho intramolecular Hbond substituents is 1. The first kappa shape index (κ1) is 48.5. The van der Waals surface area contributed by atoms with E-state index in [9.17, 15) is 41.0 Å². The Hall–Kier alpha value is -6.91. The standard InChI is InChI=1S/C23H21F3N4O3.C22H19F3N4O3.HI/c1-29-13-16(11-28-29)14-5-7-30-17(12-27-21(30)10-14)15-8-19(32-2)22(20(9-15)33-3)18(31)4-6-23(24,25)26;1-28-12-15(10-27-28)13-4-6-29-16(11-26-20(29)9-13)14-7-18(31)21(19(8-14)32-2)17(30)3-5-22(23,24)25;/h5,7-13H,4,6H2,1-3H3;4,6-12,31H,3,5H2,1-2H3;1H. The molecule has 0 radical (unpaired) electrons. The van der Waals surface area contributed by atoms with Crippen LogP contribution in [0.3, 0.4) is 0 Å². The molecule has 14 nitrogen and oxygen atoms in total. The fourth-order valence-corrected chi connectivity index (χ4v) is 7.17. The molecule has 0 fully saturated rings. The maximum atomic E-state index is 12.6. The summed E-state index contributed by atoms with van der Waals surface area (Å²) in [7, 11) is 7.66. The minimum Gasteiger partial charge on any atom is -0.507 e. The van der Waals surface area contributed by atoms with Crippen LogP contribution in [-0.4, -0.2) is 88.7 Å². The number of benzene rings is 2. The number of hydrogen-bond acceptors (Lipinski definition) is 10. The summed E-state index contributed by atoms with van der Waals surface area (Å²) in [6.45, 7) is 0. The van der Waals surface area contributed by atoms with Gasteiger partial charge in [-0.25, -0.2) is 9.97 Å². The zero-order valence-corrected chi connectivity index (χ0v) is 38.1. The average Bonchev–Trinajstić information content (AvgIpc) is 4.10. The Labute approximate surface area is 389 Å². The number of carbonyl (C=O) groups is 2. The number of carbonyl (C=O) groups excluding carboxylic acids is 2. The largest absolute Gasteiger partial charge is 0.507 e. The third kappa shape index (κ3) is 10.8. The van der Waals surface area contributed by atoms with Gasteiger partial charge in [0.05, 0.1) is 70.3 Å². The van der Waals surface area contributed by atoms with Crippen molar-refractivity contribution in [2.45, 2.75) is 38.0 Å². The number of Topliss-reactive ketones (excluding diaryl/α,β-unsaturated/α-hetero) is 2. The number of aromatic nitrogens is 8. The number of alkyl halides is 6. The van der Waals surface area contributed by atoms with Crippen LogP contribution in [0.5, 0.6) is 23.0 Å². The maximum absolute atomic E-state index is 12.6. The van der Waals surface area contributed by atoms with Crippen molar-refractivity contribution >= 4 is 46.8 Å².